The quantitative estimate of drug-likeness (QED) is 0.309. The van der Waals surface area contributed by atoms with Crippen LogP contribution in [0.2, 0.25) is 0 Å². The Kier molecular flexibility index (Phi) is 6.66. The average molecular weight is 508 g/mol. The molecule has 0 atom stereocenters. The van der Waals surface area contributed by atoms with Gasteiger partial charge in [-0.25, -0.2) is 9.78 Å². The molecule has 0 spiro atoms. The summed E-state index contributed by atoms with van der Waals surface area (Å²) >= 11 is 0. The molecule has 0 bridgehead atoms. The number of nitrogens with zero attached hydrogens (tertiary/aromatic N) is 4. The maximum absolute atomic E-state index is 13.1. The number of carbonyl (C=O) groups excluding carboxylic acids is 2. The number of rotatable bonds is 6. The summed E-state index contributed by atoms with van der Waals surface area (Å²) in [5, 5.41) is 9.02. The number of anilines is 6. The Bertz CT molecular complexity index is 1530. The molecule has 0 saturated carbocycles. The molecule has 0 unspecified atom stereocenters. The van der Waals surface area contributed by atoms with Crippen molar-refractivity contribution in [2.45, 2.75) is 20.4 Å². The highest BCUT2D eigenvalue weighted by molar-refractivity contribution is 6.06. The van der Waals surface area contributed by atoms with E-state index in [2.05, 4.69) is 25.9 Å². The highest BCUT2D eigenvalue weighted by atomic mass is 16.2. The minimum Gasteiger partial charge on any atom is -0.378 e. The van der Waals surface area contributed by atoms with E-state index in [0.717, 1.165) is 28.1 Å². The molecule has 1 aliphatic rings. The van der Waals surface area contributed by atoms with Gasteiger partial charge in [-0.05, 0) is 61.9 Å². The standard InChI is InChI=1S/C29H29N7O2/c1-18-7-5-8-20(13-18)27(37)31-23-12-11-19(2)25(15-23)36-17-21-16-30-28(33-26(21)34-29(36)38)32-22-9-6-10-24(14-22)35(3)4/h5-16H,17H2,1-4H3,(H,31,37)(H2,30,32,33,34,38). The SMILES string of the molecule is Cc1cccc(C(=O)Nc2ccc(C)c(N3Cc4cnc(Nc5cccc(N(C)C)c5)nc4NC3=O)c2)c1. The average Bonchev–Trinajstić information content (AvgIpc) is 2.89. The Balaban J connectivity index is 1.34. The van der Waals surface area contributed by atoms with Crippen LogP contribution in [-0.4, -0.2) is 36.0 Å². The molecule has 4 aromatic rings. The molecule has 0 aliphatic carbocycles. The van der Waals surface area contributed by atoms with E-state index < -0.39 is 0 Å². The molecule has 5 rings (SSSR count). The van der Waals surface area contributed by atoms with Crippen molar-refractivity contribution in [3.8, 4) is 0 Å². The molecule has 3 amide bonds. The second-order valence-electron chi connectivity index (χ2n) is 9.48. The van der Waals surface area contributed by atoms with E-state index in [0.29, 0.717) is 35.2 Å². The summed E-state index contributed by atoms with van der Waals surface area (Å²) in [4.78, 5) is 38.5. The van der Waals surface area contributed by atoms with Crippen molar-refractivity contribution >= 4 is 46.5 Å². The van der Waals surface area contributed by atoms with Crippen LogP contribution in [0.15, 0.2) is 72.9 Å². The van der Waals surface area contributed by atoms with Crippen molar-refractivity contribution in [1.82, 2.24) is 9.97 Å². The fourth-order valence-electron chi connectivity index (χ4n) is 4.25. The summed E-state index contributed by atoms with van der Waals surface area (Å²) in [6.07, 6.45) is 1.71. The lowest BCUT2D eigenvalue weighted by atomic mass is 10.1. The predicted molar refractivity (Wildman–Crippen MR) is 152 cm³/mol. The van der Waals surface area contributed by atoms with Gasteiger partial charge in [-0.1, -0.05) is 29.8 Å². The molecule has 9 heteroatoms. The molecular weight excluding hydrogens is 478 g/mol. The normalized spacial score (nSPS) is 12.4. The number of fused-ring (bicyclic) bond motifs is 1. The zero-order chi connectivity index (χ0) is 26.8. The van der Waals surface area contributed by atoms with Crippen LogP contribution in [-0.2, 0) is 6.54 Å². The van der Waals surface area contributed by atoms with Gasteiger partial charge in [0.15, 0.2) is 0 Å². The Labute approximate surface area is 221 Å². The summed E-state index contributed by atoms with van der Waals surface area (Å²) in [6, 6.07) is 20.5. The van der Waals surface area contributed by atoms with Crippen LogP contribution in [0.1, 0.15) is 27.0 Å². The van der Waals surface area contributed by atoms with E-state index in [-0.39, 0.29) is 11.9 Å². The number of hydrogen-bond donors (Lipinski definition) is 3. The molecule has 1 aliphatic heterocycles. The molecule has 0 saturated heterocycles. The Morgan fingerprint density at radius 3 is 2.61 bits per heavy atom. The van der Waals surface area contributed by atoms with E-state index in [9.17, 15) is 9.59 Å². The van der Waals surface area contributed by atoms with Crippen LogP contribution in [0, 0.1) is 13.8 Å². The summed E-state index contributed by atoms with van der Waals surface area (Å²) in [5.41, 5.74) is 6.46. The second-order valence-corrected chi connectivity index (χ2v) is 9.48. The van der Waals surface area contributed by atoms with Gasteiger partial charge in [-0.3, -0.25) is 15.0 Å². The molecule has 2 heterocycles. The monoisotopic (exact) mass is 507 g/mol. The number of amides is 3. The van der Waals surface area contributed by atoms with Crippen LogP contribution in [0.5, 0.6) is 0 Å². The first-order chi connectivity index (χ1) is 18.3. The van der Waals surface area contributed by atoms with Crippen LogP contribution in [0.25, 0.3) is 0 Å². The molecule has 192 valence electrons. The maximum atomic E-state index is 13.1. The zero-order valence-corrected chi connectivity index (χ0v) is 21.7. The van der Waals surface area contributed by atoms with E-state index in [1.807, 2.05) is 93.5 Å². The van der Waals surface area contributed by atoms with E-state index in [1.165, 1.54) is 0 Å². The smallest absolute Gasteiger partial charge is 0.327 e. The van der Waals surface area contributed by atoms with Gasteiger partial charge in [-0.15, -0.1) is 0 Å². The Morgan fingerprint density at radius 2 is 1.82 bits per heavy atom. The summed E-state index contributed by atoms with van der Waals surface area (Å²) in [6.45, 7) is 4.17. The summed E-state index contributed by atoms with van der Waals surface area (Å²) in [7, 11) is 3.95. The first kappa shape index (κ1) is 24.8. The molecular formula is C29H29N7O2. The van der Waals surface area contributed by atoms with Crippen LogP contribution >= 0.6 is 0 Å². The number of nitrogens with one attached hydrogen (secondary N) is 3. The second kappa shape index (κ2) is 10.2. The minimum absolute atomic E-state index is 0.207. The van der Waals surface area contributed by atoms with E-state index in [4.69, 9.17) is 0 Å². The van der Waals surface area contributed by atoms with Crippen molar-refractivity contribution in [1.29, 1.82) is 0 Å². The fourth-order valence-corrected chi connectivity index (χ4v) is 4.25. The van der Waals surface area contributed by atoms with Gasteiger partial charge in [0.25, 0.3) is 5.91 Å². The number of hydrogen-bond acceptors (Lipinski definition) is 6. The number of carbonyl (C=O) groups is 2. The van der Waals surface area contributed by atoms with E-state index >= 15 is 0 Å². The molecule has 9 nitrogen and oxygen atoms in total. The number of urea groups is 1. The summed E-state index contributed by atoms with van der Waals surface area (Å²) in [5.74, 6) is 0.654. The van der Waals surface area contributed by atoms with Crippen molar-refractivity contribution < 1.29 is 9.59 Å². The van der Waals surface area contributed by atoms with Gasteiger partial charge >= 0.3 is 6.03 Å². The Hall–Kier alpha value is -4.92. The first-order valence-corrected chi connectivity index (χ1v) is 12.2. The minimum atomic E-state index is -0.304. The molecule has 0 fully saturated rings. The summed E-state index contributed by atoms with van der Waals surface area (Å²) < 4.78 is 0. The van der Waals surface area contributed by atoms with Crippen LogP contribution in [0.3, 0.4) is 0 Å². The van der Waals surface area contributed by atoms with Crippen molar-refractivity contribution in [2.75, 3.05) is 39.8 Å². The molecule has 38 heavy (non-hydrogen) atoms. The van der Waals surface area contributed by atoms with Gasteiger partial charge in [0, 0.05) is 48.5 Å². The van der Waals surface area contributed by atoms with Gasteiger partial charge < -0.3 is 15.5 Å². The van der Waals surface area contributed by atoms with Crippen molar-refractivity contribution in [3.05, 3.63) is 95.2 Å². The maximum Gasteiger partial charge on any atom is 0.327 e. The van der Waals surface area contributed by atoms with E-state index in [1.54, 1.807) is 17.2 Å². The fraction of sp³-hybridized carbons (Fsp3) is 0.172. The molecule has 1 aromatic heterocycles. The van der Waals surface area contributed by atoms with Crippen LogP contribution in [0.4, 0.5) is 39.3 Å². The third-order valence-corrected chi connectivity index (χ3v) is 6.32. The van der Waals surface area contributed by atoms with Gasteiger partial charge in [0.1, 0.15) is 5.82 Å². The highest BCUT2D eigenvalue weighted by Gasteiger charge is 2.27. The van der Waals surface area contributed by atoms with Gasteiger partial charge in [0.2, 0.25) is 5.95 Å². The number of benzene rings is 3. The topological polar surface area (TPSA) is 102 Å². The van der Waals surface area contributed by atoms with Crippen molar-refractivity contribution in [2.24, 2.45) is 0 Å². The third kappa shape index (κ3) is 5.27. The Morgan fingerprint density at radius 1 is 1.00 bits per heavy atom. The first-order valence-electron chi connectivity index (χ1n) is 12.2. The molecule has 3 aromatic carbocycles. The van der Waals surface area contributed by atoms with Gasteiger partial charge in [0.05, 0.1) is 12.2 Å². The third-order valence-electron chi connectivity index (χ3n) is 6.32. The number of aryl methyl sites for hydroxylation is 2. The molecule has 3 N–H and O–H groups in total. The molecule has 0 radical (unpaired) electrons. The lowest BCUT2D eigenvalue weighted by molar-refractivity contribution is 0.102. The van der Waals surface area contributed by atoms with Gasteiger partial charge in [-0.2, -0.15) is 4.98 Å². The lowest BCUT2D eigenvalue weighted by Gasteiger charge is -2.30. The highest BCUT2D eigenvalue weighted by Crippen LogP contribution is 2.31. The number of aromatic nitrogens is 2. The van der Waals surface area contributed by atoms with Crippen LogP contribution < -0.4 is 25.8 Å². The van der Waals surface area contributed by atoms with Crippen molar-refractivity contribution in [3.63, 3.8) is 0 Å². The largest absolute Gasteiger partial charge is 0.378 e. The zero-order valence-electron chi connectivity index (χ0n) is 21.7. The predicted octanol–water partition coefficient (Wildman–Crippen LogP) is 5.71. The lowest BCUT2D eigenvalue weighted by Crippen LogP contribution is -2.39.